The molecule has 0 spiro atoms. The Morgan fingerprint density at radius 3 is 2.73 bits per heavy atom. The molecule has 0 aromatic rings. The van der Waals surface area contributed by atoms with E-state index < -0.39 is 0 Å². The highest BCUT2D eigenvalue weighted by Crippen LogP contribution is 2.21. The topological polar surface area (TPSA) is 41.5 Å². The minimum absolute atomic E-state index is 0.258. The van der Waals surface area contributed by atoms with E-state index in [0.29, 0.717) is 6.54 Å². The monoisotopic (exact) mass is 211 g/mol. The number of rotatable bonds is 3. The summed E-state index contributed by atoms with van der Waals surface area (Å²) in [6.07, 6.45) is 4.73. The van der Waals surface area contributed by atoms with Crippen molar-refractivity contribution in [3.05, 3.63) is 23.5 Å². The van der Waals surface area contributed by atoms with Gasteiger partial charge in [0.05, 0.1) is 19.0 Å². The minimum atomic E-state index is -0.258. The maximum absolute atomic E-state index is 9.81. The van der Waals surface area contributed by atoms with E-state index in [9.17, 15) is 5.11 Å². The molecular weight excluding hydrogens is 190 g/mol. The molecule has 1 rings (SSSR count). The van der Waals surface area contributed by atoms with E-state index in [1.54, 1.807) is 7.11 Å². The van der Waals surface area contributed by atoms with E-state index in [0.717, 1.165) is 18.7 Å². The fourth-order valence-electron chi connectivity index (χ4n) is 1.81. The summed E-state index contributed by atoms with van der Waals surface area (Å²) in [5, 5.41) is 13.0. The van der Waals surface area contributed by atoms with E-state index in [2.05, 4.69) is 12.2 Å². The predicted molar refractivity (Wildman–Crippen MR) is 61.5 cm³/mol. The Hall–Kier alpha value is -0.800. The van der Waals surface area contributed by atoms with Crippen LogP contribution in [0, 0.1) is 5.92 Å². The van der Waals surface area contributed by atoms with Gasteiger partial charge in [-0.3, -0.25) is 0 Å². The fraction of sp³-hybridized carbons (Fsp3) is 0.667. The second kappa shape index (κ2) is 5.93. The predicted octanol–water partition coefficient (Wildman–Crippen LogP) is 1.45. The lowest BCUT2D eigenvalue weighted by molar-refractivity contribution is 0.0996. The van der Waals surface area contributed by atoms with Crippen molar-refractivity contribution in [1.29, 1.82) is 0 Å². The SMILES string of the molecule is COC(C)=CC=C(C)C1CCNCC1O. The first-order valence-electron chi connectivity index (χ1n) is 5.43. The van der Waals surface area contributed by atoms with Gasteiger partial charge in [0, 0.05) is 12.5 Å². The molecule has 0 amide bonds. The molecule has 1 saturated heterocycles. The van der Waals surface area contributed by atoms with Gasteiger partial charge in [-0.2, -0.15) is 0 Å². The average Bonchev–Trinajstić information content (AvgIpc) is 2.26. The van der Waals surface area contributed by atoms with E-state index in [1.165, 1.54) is 5.57 Å². The molecule has 0 radical (unpaired) electrons. The first-order chi connectivity index (χ1) is 7.15. The van der Waals surface area contributed by atoms with Crippen molar-refractivity contribution in [3.63, 3.8) is 0 Å². The van der Waals surface area contributed by atoms with Gasteiger partial charge >= 0.3 is 0 Å². The third-order valence-electron chi connectivity index (χ3n) is 2.94. The molecule has 1 aliphatic heterocycles. The van der Waals surface area contributed by atoms with Crippen molar-refractivity contribution < 1.29 is 9.84 Å². The second-order valence-corrected chi connectivity index (χ2v) is 4.06. The van der Waals surface area contributed by atoms with Crippen molar-refractivity contribution in [2.24, 2.45) is 5.92 Å². The highest BCUT2D eigenvalue weighted by Gasteiger charge is 2.23. The number of allylic oxidation sites excluding steroid dienone is 3. The van der Waals surface area contributed by atoms with Crippen LogP contribution in [-0.2, 0) is 4.74 Å². The maximum Gasteiger partial charge on any atom is 0.0924 e. The number of piperidine rings is 1. The summed E-state index contributed by atoms with van der Waals surface area (Å²) >= 11 is 0. The summed E-state index contributed by atoms with van der Waals surface area (Å²) in [4.78, 5) is 0. The van der Waals surface area contributed by atoms with Crippen LogP contribution in [0.15, 0.2) is 23.5 Å². The van der Waals surface area contributed by atoms with Gasteiger partial charge in [0.25, 0.3) is 0 Å². The number of methoxy groups -OCH3 is 1. The van der Waals surface area contributed by atoms with Crippen LogP contribution in [0.2, 0.25) is 0 Å². The van der Waals surface area contributed by atoms with Crippen LogP contribution in [0.25, 0.3) is 0 Å². The lowest BCUT2D eigenvalue weighted by Crippen LogP contribution is -2.40. The normalized spacial score (nSPS) is 29.1. The van der Waals surface area contributed by atoms with E-state index >= 15 is 0 Å². The average molecular weight is 211 g/mol. The summed E-state index contributed by atoms with van der Waals surface area (Å²) in [6, 6.07) is 0. The van der Waals surface area contributed by atoms with Crippen LogP contribution in [0.5, 0.6) is 0 Å². The lowest BCUT2D eigenvalue weighted by Gasteiger charge is -2.29. The van der Waals surface area contributed by atoms with E-state index in [1.807, 2.05) is 19.1 Å². The van der Waals surface area contributed by atoms with Gasteiger partial charge in [-0.1, -0.05) is 11.6 Å². The van der Waals surface area contributed by atoms with Gasteiger partial charge in [0.15, 0.2) is 0 Å². The summed E-state index contributed by atoms with van der Waals surface area (Å²) in [7, 11) is 1.66. The van der Waals surface area contributed by atoms with Crippen LogP contribution >= 0.6 is 0 Å². The zero-order valence-corrected chi connectivity index (χ0v) is 9.79. The standard InChI is InChI=1S/C12H21NO2/c1-9(4-5-10(2)15-3)11-6-7-13-8-12(11)14/h4-5,11-14H,6-8H2,1-3H3. The number of aliphatic hydroxyl groups excluding tert-OH is 1. The molecule has 1 aliphatic rings. The smallest absolute Gasteiger partial charge is 0.0924 e. The summed E-state index contributed by atoms with van der Waals surface area (Å²) in [6.45, 7) is 5.67. The first kappa shape index (κ1) is 12.3. The fourth-order valence-corrected chi connectivity index (χ4v) is 1.81. The molecule has 86 valence electrons. The molecule has 15 heavy (non-hydrogen) atoms. The van der Waals surface area contributed by atoms with Crippen LogP contribution in [-0.4, -0.2) is 31.4 Å². The van der Waals surface area contributed by atoms with Crippen molar-refractivity contribution in [2.75, 3.05) is 20.2 Å². The first-order valence-corrected chi connectivity index (χ1v) is 5.43. The molecule has 2 atom stereocenters. The molecule has 2 N–H and O–H groups in total. The summed E-state index contributed by atoms with van der Waals surface area (Å²) in [5.41, 5.74) is 1.22. The number of β-amino-alcohol motifs (C(OH)–C–C–N with tert-alkyl or cyclic N) is 1. The van der Waals surface area contributed by atoms with Gasteiger partial charge in [-0.05, 0) is 32.9 Å². The Morgan fingerprint density at radius 1 is 1.40 bits per heavy atom. The molecule has 0 bridgehead atoms. The van der Waals surface area contributed by atoms with Gasteiger partial charge in [-0.15, -0.1) is 0 Å². The number of nitrogens with one attached hydrogen (secondary N) is 1. The molecule has 0 aromatic heterocycles. The second-order valence-electron chi connectivity index (χ2n) is 4.06. The molecule has 1 heterocycles. The van der Waals surface area contributed by atoms with Gasteiger partial charge in [0.2, 0.25) is 0 Å². The van der Waals surface area contributed by atoms with Crippen molar-refractivity contribution in [3.8, 4) is 0 Å². The number of hydrogen-bond acceptors (Lipinski definition) is 3. The Balaban J connectivity index is 2.61. The Morgan fingerprint density at radius 2 is 2.13 bits per heavy atom. The third-order valence-corrected chi connectivity index (χ3v) is 2.94. The highest BCUT2D eigenvalue weighted by atomic mass is 16.5. The quantitative estimate of drug-likeness (QED) is 0.548. The Bertz CT molecular complexity index is 258. The molecular formula is C12H21NO2. The highest BCUT2D eigenvalue weighted by molar-refractivity contribution is 5.16. The molecule has 0 saturated carbocycles. The zero-order chi connectivity index (χ0) is 11.3. The summed E-state index contributed by atoms with van der Waals surface area (Å²) < 4.78 is 5.06. The van der Waals surface area contributed by atoms with Crippen LogP contribution in [0.1, 0.15) is 20.3 Å². The third kappa shape index (κ3) is 3.68. The van der Waals surface area contributed by atoms with Crippen molar-refractivity contribution in [1.82, 2.24) is 5.32 Å². The van der Waals surface area contributed by atoms with Crippen molar-refractivity contribution >= 4 is 0 Å². The summed E-state index contributed by atoms with van der Waals surface area (Å²) in [5.74, 6) is 1.17. The zero-order valence-electron chi connectivity index (χ0n) is 9.79. The largest absolute Gasteiger partial charge is 0.501 e. The van der Waals surface area contributed by atoms with Crippen LogP contribution < -0.4 is 5.32 Å². The molecule has 2 unspecified atom stereocenters. The number of ether oxygens (including phenoxy) is 1. The molecule has 0 aliphatic carbocycles. The van der Waals surface area contributed by atoms with Crippen LogP contribution in [0.4, 0.5) is 0 Å². The Kier molecular flexibility index (Phi) is 4.85. The maximum atomic E-state index is 9.81. The number of hydrogen-bond donors (Lipinski definition) is 2. The lowest BCUT2D eigenvalue weighted by atomic mass is 9.88. The van der Waals surface area contributed by atoms with Gasteiger partial charge < -0.3 is 15.2 Å². The van der Waals surface area contributed by atoms with Gasteiger partial charge in [-0.25, -0.2) is 0 Å². The van der Waals surface area contributed by atoms with Crippen molar-refractivity contribution in [2.45, 2.75) is 26.4 Å². The minimum Gasteiger partial charge on any atom is -0.501 e. The molecule has 0 aromatic carbocycles. The molecule has 1 fully saturated rings. The van der Waals surface area contributed by atoms with Gasteiger partial charge in [0.1, 0.15) is 0 Å². The van der Waals surface area contributed by atoms with E-state index in [4.69, 9.17) is 4.74 Å². The Labute approximate surface area is 91.8 Å². The number of aliphatic hydroxyl groups is 1. The molecule has 3 nitrogen and oxygen atoms in total. The van der Waals surface area contributed by atoms with Crippen LogP contribution in [0.3, 0.4) is 0 Å². The molecule has 3 heteroatoms. The van der Waals surface area contributed by atoms with E-state index in [-0.39, 0.29) is 12.0 Å².